The van der Waals surface area contributed by atoms with Crippen molar-refractivity contribution in [3.63, 3.8) is 0 Å². The Morgan fingerprint density at radius 1 is 1.16 bits per heavy atom. The Morgan fingerprint density at radius 3 is 2.68 bits per heavy atom. The largest absolute Gasteiger partial charge is 0.356 e. The number of aromatic nitrogens is 2. The number of unbranched alkanes of at least 4 members (excludes halogenated alkanes) is 1. The van der Waals surface area contributed by atoms with E-state index < -0.39 is 0 Å². The van der Waals surface area contributed by atoms with Gasteiger partial charge in [0.2, 0.25) is 5.28 Å². The highest BCUT2D eigenvalue weighted by Gasteiger charge is 2.12. The maximum absolute atomic E-state index is 6.02. The van der Waals surface area contributed by atoms with E-state index in [-0.39, 0.29) is 0 Å². The van der Waals surface area contributed by atoms with Crippen LogP contribution in [0.3, 0.4) is 0 Å². The molecule has 1 heterocycles. The first kappa shape index (κ1) is 14.4. The molecule has 1 aromatic carbocycles. The van der Waals surface area contributed by atoms with Crippen LogP contribution in [0.5, 0.6) is 0 Å². The van der Waals surface area contributed by atoms with Gasteiger partial charge in [-0.15, -0.1) is 11.6 Å². The second-order valence-corrected chi connectivity index (χ2v) is 5.03. The summed E-state index contributed by atoms with van der Waals surface area (Å²) in [5.74, 6) is 1.61. The van der Waals surface area contributed by atoms with Gasteiger partial charge < -0.3 is 4.90 Å². The minimum Gasteiger partial charge on any atom is -0.356 e. The van der Waals surface area contributed by atoms with Crippen LogP contribution in [0.1, 0.15) is 19.8 Å². The molecule has 0 saturated heterocycles. The van der Waals surface area contributed by atoms with Crippen molar-refractivity contribution in [3.8, 4) is 0 Å². The Morgan fingerprint density at radius 2 is 1.95 bits per heavy atom. The van der Waals surface area contributed by atoms with Crippen molar-refractivity contribution in [2.24, 2.45) is 0 Å². The fourth-order valence-electron chi connectivity index (χ4n) is 2.08. The van der Waals surface area contributed by atoms with E-state index in [2.05, 4.69) is 21.8 Å². The number of rotatable bonds is 6. The van der Waals surface area contributed by atoms with Crippen molar-refractivity contribution in [1.82, 2.24) is 9.97 Å². The quantitative estimate of drug-likeness (QED) is 0.456. The zero-order valence-corrected chi connectivity index (χ0v) is 12.5. The zero-order valence-electron chi connectivity index (χ0n) is 10.9. The van der Waals surface area contributed by atoms with Crippen molar-refractivity contribution in [3.05, 3.63) is 29.5 Å². The molecule has 0 aliphatic rings. The molecule has 5 heteroatoms. The maximum atomic E-state index is 6.02. The van der Waals surface area contributed by atoms with Gasteiger partial charge in [-0.3, -0.25) is 0 Å². The summed E-state index contributed by atoms with van der Waals surface area (Å²) in [4.78, 5) is 10.9. The molecule has 0 fully saturated rings. The Labute approximate surface area is 123 Å². The van der Waals surface area contributed by atoms with Crippen LogP contribution < -0.4 is 4.90 Å². The van der Waals surface area contributed by atoms with Gasteiger partial charge in [-0.2, -0.15) is 4.98 Å². The molecule has 3 nitrogen and oxygen atoms in total. The lowest BCUT2D eigenvalue weighted by Gasteiger charge is -2.23. The molecule has 0 aliphatic heterocycles. The summed E-state index contributed by atoms with van der Waals surface area (Å²) in [5, 5.41) is 1.34. The second kappa shape index (κ2) is 6.92. The van der Waals surface area contributed by atoms with E-state index in [9.17, 15) is 0 Å². The van der Waals surface area contributed by atoms with Gasteiger partial charge in [-0.25, -0.2) is 4.98 Å². The van der Waals surface area contributed by atoms with Crippen molar-refractivity contribution in [2.75, 3.05) is 23.9 Å². The number of hydrogen-bond acceptors (Lipinski definition) is 3. The third-order valence-corrected chi connectivity index (χ3v) is 3.49. The molecule has 2 rings (SSSR count). The van der Waals surface area contributed by atoms with E-state index in [0.717, 1.165) is 42.7 Å². The van der Waals surface area contributed by atoms with Crippen molar-refractivity contribution >= 4 is 39.9 Å². The smallest absolute Gasteiger partial charge is 0.224 e. The molecule has 0 radical (unpaired) electrons. The summed E-state index contributed by atoms with van der Waals surface area (Å²) in [7, 11) is 0. The first-order valence-electron chi connectivity index (χ1n) is 6.49. The van der Waals surface area contributed by atoms with E-state index in [1.54, 1.807) is 0 Å². The molecule has 1 aromatic heterocycles. The van der Waals surface area contributed by atoms with Crippen LogP contribution in [-0.4, -0.2) is 28.9 Å². The zero-order chi connectivity index (χ0) is 13.7. The number of para-hydroxylation sites is 1. The highest BCUT2D eigenvalue weighted by Crippen LogP contribution is 2.25. The Bertz CT molecular complexity index is 545. The summed E-state index contributed by atoms with van der Waals surface area (Å²) in [6, 6.07) is 7.94. The van der Waals surface area contributed by atoms with Crippen molar-refractivity contribution < 1.29 is 0 Å². The van der Waals surface area contributed by atoms with Crippen LogP contribution in [0.15, 0.2) is 24.3 Å². The van der Waals surface area contributed by atoms with Gasteiger partial charge >= 0.3 is 0 Å². The first-order valence-corrected chi connectivity index (χ1v) is 7.40. The second-order valence-electron chi connectivity index (χ2n) is 4.31. The van der Waals surface area contributed by atoms with Gasteiger partial charge in [0.05, 0.1) is 5.52 Å². The number of hydrogen-bond donors (Lipinski definition) is 0. The minimum atomic E-state index is 0.296. The van der Waals surface area contributed by atoms with Gasteiger partial charge in [0.15, 0.2) is 0 Å². The van der Waals surface area contributed by atoms with E-state index in [1.807, 2.05) is 24.3 Å². The van der Waals surface area contributed by atoms with Crippen LogP contribution >= 0.6 is 23.2 Å². The van der Waals surface area contributed by atoms with Crippen molar-refractivity contribution in [2.45, 2.75) is 19.8 Å². The maximum Gasteiger partial charge on any atom is 0.224 e. The third kappa shape index (κ3) is 3.48. The predicted octanol–water partition coefficient (Wildman–Crippen LogP) is 4.13. The summed E-state index contributed by atoms with van der Waals surface area (Å²) in [6.45, 7) is 3.94. The number of benzene rings is 1. The average molecular weight is 298 g/mol. The monoisotopic (exact) mass is 297 g/mol. The number of halogens is 2. The Balaban J connectivity index is 2.35. The molecule has 2 aromatic rings. The fourth-order valence-corrected chi connectivity index (χ4v) is 2.44. The fraction of sp³-hybridized carbons (Fsp3) is 0.429. The lowest BCUT2D eigenvalue weighted by molar-refractivity contribution is 0.728. The molecule has 0 bridgehead atoms. The number of alkyl halides is 1. The van der Waals surface area contributed by atoms with Gasteiger partial charge in [-0.05, 0) is 43.5 Å². The molecule has 0 N–H and O–H groups in total. The molecule has 0 saturated carbocycles. The number of nitrogens with zero attached hydrogens (tertiary/aromatic N) is 3. The molecule has 0 spiro atoms. The summed E-state index contributed by atoms with van der Waals surface area (Å²) < 4.78 is 0. The first-order chi connectivity index (χ1) is 9.26. The molecule has 0 aliphatic carbocycles. The lowest BCUT2D eigenvalue weighted by Crippen LogP contribution is -2.25. The Kier molecular flexibility index (Phi) is 5.23. The molecule has 19 heavy (non-hydrogen) atoms. The summed E-state index contributed by atoms with van der Waals surface area (Å²) in [5.41, 5.74) is 0.883. The van der Waals surface area contributed by atoms with Crippen LogP contribution in [-0.2, 0) is 0 Å². The molecule has 0 amide bonds. The van der Waals surface area contributed by atoms with E-state index in [0.29, 0.717) is 11.2 Å². The van der Waals surface area contributed by atoms with Crippen LogP contribution in [0.4, 0.5) is 5.82 Å². The molecular formula is C14H17Cl2N3. The van der Waals surface area contributed by atoms with E-state index >= 15 is 0 Å². The molecule has 0 atom stereocenters. The highest BCUT2D eigenvalue weighted by molar-refractivity contribution is 6.28. The highest BCUT2D eigenvalue weighted by atomic mass is 35.5. The van der Waals surface area contributed by atoms with Crippen molar-refractivity contribution in [1.29, 1.82) is 0 Å². The van der Waals surface area contributed by atoms with Gasteiger partial charge in [0.1, 0.15) is 5.82 Å². The van der Waals surface area contributed by atoms with Crippen LogP contribution in [0, 0.1) is 0 Å². The number of fused-ring (bicyclic) bond motifs is 1. The summed E-state index contributed by atoms with van der Waals surface area (Å²) >= 11 is 11.7. The van der Waals surface area contributed by atoms with E-state index in [4.69, 9.17) is 23.2 Å². The minimum absolute atomic E-state index is 0.296. The lowest BCUT2D eigenvalue weighted by atomic mass is 10.2. The van der Waals surface area contributed by atoms with Crippen LogP contribution in [0.25, 0.3) is 10.9 Å². The third-order valence-electron chi connectivity index (χ3n) is 3.05. The van der Waals surface area contributed by atoms with Gasteiger partial charge in [0.25, 0.3) is 0 Å². The normalized spacial score (nSPS) is 10.9. The van der Waals surface area contributed by atoms with Gasteiger partial charge in [0, 0.05) is 24.4 Å². The molecule has 0 unspecified atom stereocenters. The SMILES string of the molecule is CCN(CCCCCl)c1nc(Cl)nc2ccccc12. The molecular weight excluding hydrogens is 281 g/mol. The van der Waals surface area contributed by atoms with Crippen LogP contribution in [0.2, 0.25) is 5.28 Å². The average Bonchev–Trinajstić information content (AvgIpc) is 2.43. The van der Waals surface area contributed by atoms with Gasteiger partial charge in [-0.1, -0.05) is 12.1 Å². The summed E-state index contributed by atoms with van der Waals surface area (Å²) in [6.07, 6.45) is 2.06. The Hall–Kier alpha value is -1.06. The number of anilines is 1. The predicted molar refractivity (Wildman–Crippen MR) is 82.4 cm³/mol. The molecule has 102 valence electrons. The topological polar surface area (TPSA) is 29.0 Å². The van der Waals surface area contributed by atoms with E-state index in [1.165, 1.54) is 0 Å². The standard InChI is InChI=1S/C14H17Cl2N3/c1-2-19(10-6-5-9-15)13-11-7-3-4-8-12(11)17-14(16)18-13/h3-4,7-8H,2,5-6,9-10H2,1H3.